The fourth-order valence-corrected chi connectivity index (χ4v) is 2.95. The fraction of sp³-hybridized carbons (Fsp3) is 0. The molecule has 4 rings (SSSR count). The molecule has 0 radical (unpaired) electrons. The van der Waals surface area contributed by atoms with Crippen molar-refractivity contribution in [2.45, 2.75) is 0 Å². The molecule has 2 aromatic heterocycles. The van der Waals surface area contributed by atoms with Crippen LogP contribution in [0.1, 0.15) is 0 Å². The average Bonchev–Trinajstić information content (AvgIpc) is 2.92. The van der Waals surface area contributed by atoms with E-state index in [2.05, 4.69) is 26.1 Å². The van der Waals surface area contributed by atoms with Gasteiger partial charge in [-0.1, -0.05) is 28.1 Å². The highest BCUT2D eigenvalue weighted by Crippen LogP contribution is 2.37. The first-order valence-corrected chi connectivity index (χ1v) is 6.62. The third-order valence-corrected chi connectivity index (χ3v) is 3.89. The minimum atomic E-state index is 0.457. The van der Waals surface area contributed by atoms with E-state index in [1.165, 1.54) is 0 Å². The number of imidazole rings is 1. The topological polar surface area (TPSA) is 49.6 Å². The van der Waals surface area contributed by atoms with Crippen LogP contribution in [-0.4, -0.2) is 9.38 Å². The van der Waals surface area contributed by atoms with Crippen LogP contribution in [0.5, 0.6) is 0 Å². The number of nitroso groups, excluding NO2 is 1. The first-order chi connectivity index (χ1) is 9.29. The summed E-state index contributed by atoms with van der Waals surface area (Å²) in [6, 6.07) is 13.8. The Morgan fingerprint density at radius 1 is 1.11 bits per heavy atom. The molecule has 0 bridgehead atoms. The predicted octanol–water partition coefficient (Wildman–Crippen LogP) is 4.73. The summed E-state index contributed by atoms with van der Waals surface area (Å²) in [6.45, 7) is 0. The molecule has 4 nitrogen and oxygen atoms in total. The molecule has 0 aliphatic carbocycles. The Balaban J connectivity index is 2.38. The lowest BCUT2D eigenvalue weighted by atomic mass is 10.2. The van der Waals surface area contributed by atoms with Crippen molar-refractivity contribution in [2.24, 2.45) is 5.18 Å². The SMILES string of the molecule is O=Nc1c2ccc(Br)cc2n2c1[nH]c1ccccc12. The van der Waals surface area contributed by atoms with E-state index < -0.39 is 0 Å². The number of hydrogen-bond donors (Lipinski definition) is 1. The lowest BCUT2D eigenvalue weighted by Gasteiger charge is -1.96. The normalized spacial score (nSPS) is 11.6. The Morgan fingerprint density at radius 3 is 2.79 bits per heavy atom. The maximum atomic E-state index is 11.2. The van der Waals surface area contributed by atoms with Crippen LogP contribution in [0, 0.1) is 4.91 Å². The van der Waals surface area contributed by atoms with Crippen LogP contribution < -0.4 is 0 Å². The molecule has 0 saturated carbocycles. The van der Waals surface area contributed by atoms with Crippen molar-refractivity contribution in [3.63, 3.8) is 0 Å². The minimum Gasteiger partial charge on any atom is -0.338 e. The Hall–Kier alpha value is -2.14. The summed E-state index contributed by atoms with van der Waals surface area (Å²) in [5, 5.41) is 4.05. The van der Waals surface area contributed by atoms with Gasteiger partial charge >= 0.3 is 0 Å². The van der Waals surface area contributed by atoms with Crippen LogP contribution in [-0.2, 0) is 0 Å². The van der Waals surface area contributed by atoms with Gasteiger partial charge in [0.05, 0.1) is 16.6 Å². The van der Waals surface area contributed by atoms with E-state index >= 15 is 0 Å². The number of aromatic amines is 1. The maximum Gasteiger partial charge on any atom is 0.158 e. The smallest absolute Gasteiger partial charge is 0.158 e. The third kappa shape index (κ3) is 1.33. The van der Waals surface area contributed by atoms with E-state index in [-0.39, 0.29) is 0 Å². The molecule has 0 unspecified atom stereocenters. The summed E-state index contributed by atoms with van der Waals surface area (Å²) in [6.07, 6.45) is 0. The van der Waals surface area contributed by atoms with Gasteiger partial charge in [-0.15, -0.1) is 4.91 Å². The van der Waals surface area contributed by atoms with E-state index in [1.807, 2.05) is 46.9 Å². The molecular weight excluding hydrogens is 306 g/mol. The highest BCUT2D eigenvalue weighted by Gasteiger charge is 2.16. The Kier molecular flexibility index (Phi) is 2.08. The first-order valence-electron chi connectivity index (χ1n) is 5.83. The van der Waals surface area contributed by atoms with E-state index in [4.69, 9.17) is 0 Å². The van der Waals surface area contributed by atoms with Crippen molar-refractivity contribution in [3.8, 4) is 0 Å². The number of H-pyrrole nitrogens is 1. The molecule has 0 amide bonds. The first kappa shape index (κ1) is 10.8. The number of para-hydroxylation sites is 2. The summed E-state index contributed by atoms with van der Waals surface area (Å²) in [5.41, 5.74) is 4.19. The molecule has 92 valence electrons. The monoisotopic (exact) mass is 313 g/mol. The zero-order valence-electron chi connectivity index (χ0n) is 9.72. The van der Waals surface area contributed by atoms with E-state index in [0.29, 0.717) is 5.69 Å². The van der Waals surface area contributed by atoms with Crippen molar-refractivity contribution < 1.29 is 0 Å². The molecule has 0 fully saturated rings. The van der Waals surface area contributed by atoms with E-state index in [0.717, 1.165) is 32.1 Å². The van der Waals surface area contributed by atoms with Gasteiger partial charge in [0, 0.05) is 9.86 Å². The molecule has 2 aromatic carbocycles. The van der Waals surface area contributed by atoms with Gasteiger partial charge < -0.3 is 4.98 Å². The van der Waals surface area contributed by atoms with Gasteiger partial charge in [0.1, 0.15) is 5.65 Å². The van der Waals surface area contributed by atoms with Crippen LogP contribution in [0.4, 0.5) is 5.69 Å². The molecule has 1 N–H and O–H groups in total. The van der Waals surface area contributed by atoms with Gasteiger partial charge in [0.25, 0.3) is 0 Å². The molecule has 0 saturated heterocycles. The Labute approximate surface area is 116 Å². The number of hydrogen-bond acceptors (Lipinski definition) is 2. The molecule has 0 aliphatic rings. The van der Waals surface area contributed by atoms with Gasteiger partial charge in [-0.05, 0) is 35.5 Å². The van der Waals surface area contributed by atoms with Crippen molar-refractivity contribution in [3.05, 3.63) is 51.8 Å². The maximum absolute atomic E-state index is 11.2. The minimum absolute atomic E-state index is 0.457. The zero-order valence-corrected chi connectivity index (χ0v) is 11.3. The highest BCUT2D eigenvalue weighted by atomic mass is 79.9. The summed E-state index contributed by atoms with van der Waals surface area (Å²) >= 11 is 3.47. The second kappa shape index (κ2) is 3.68. The van der Waals surface area contributed by atoms with Crippen molar-refractivity contribution in [2.75, 3.05) is 0 Å². The standard InChI is InChI=1S/C14H8BrN3O/c15-8-5-6-9-12(7-8)18-11-4-2-1-3-10(11)16-14(18)13(9)17-19/h1-7,16H. The summed E-state index contributed by atoms with van der Waals surface area (Å²) in [7, 11) is 0. The summed E-state index contributed by atoms with van der Waals surface area (Å²) < 4.78 is 3.01. The number of aromatic nitrogens is 2. The second-order valence-corrected chi connectivity index (χ2v) is 5.34. The number of halogens is 1. The van der Waals surface area contributed by atoms with Crippen molar-refractivity contribution in [1.82, 2.24) is 9.38 Å². The molecule has 0 aliphatic heterocycles. The van der Waals surface area contributed by atoms with Gasteiger partial charge in [-0.2, -0.15) is 0 Å². The number of fused-ring (bicyclic) bond motifs is 5. The van der Waals surface area contributed by atoms with Gasteiger partial charge in [-0.3, -0.25) is 4.40 Å². The lowest BCUT2D eigenvalue weighted by molar-refractivity contribution is 1.32. The largest absolute Gasteiger partial charge is 0.338 e. The van der Waals surface area contributed by atoms with E-state index in [9.17, 15) is 4.91 Å². The predicted molar refractivity (Wildman–Crippen MR) is 79.9 cm³/mol. The average molecular weight is 314 g/mol. The lowest BCUT2D eigenvalue weighted by Crippen LogP contribution is -1.79. The van der Waals surface area contributed by atoms with Gasteiger partial charge in [-0.25, -0.2) is 0 Å². The Bertz CT molecular complexity index is 951. The molecule has 19 heavy (non-hydrogen) atoms. The molecule has 4 aromatic rings. The van der Waals surface area contributed by atoms with Gasteiger partial charge in [0.2, 0.25) is 0 Å². The second-order valence-electron chi connectivity index (χ2n) is 4.43. The molecule has 0 atom stereocenters. The number of nitrogens with one attached hydrogen (secondary N) is 1. The molecular formula is C14H8BrN3O. The summed E-state index contributed by atoms with van der Waals surface area (Å²) in [5.74, 6) is 0. The van der Waals surface area contributed by atoms with Crippen LogP contribution in [0.3, 0.4) is 0 Å². The van der Waals surface area contributed by atoms with Crippen molar-refractivity contribution in [1.29, 1.82) is 0 Å². The molecule has 2 heterocycles. The van der Waals surface area contributed by atoms with Crippen LogP contribution in [0.15, 0.2) is 52.1 Å². The number of rotatable bonds is 1. The zero-order chi connectivity index (χ0) is 13.0. The van der Waals surface area contributed by atoms with E-state index in [1.54, 1.807) is 0 Å². The van der Waals surface area contributed by atoms with Crippen LogP contribution in [0.25, 0.3) is 27.6 Å². The number of benzene rings is 2. The van der Waals surface area contributed by atoms with Crippen LogP contribution in [0.2, 0.25) is 0 Å². The molecule has 0 spiro atoms. The van der Waals surface area contributed by atoms with Crippen molar-refractivity contribution >= 4 is 49.2 Å². The number of nitrogens with zero attached hydrogens (tertiary/aromatic N) is 2. The third-order valence-electron chi connectivity index (χ3n) is 3.39. The quantitative estimate of drug-likeness (QED) is 0.507. The Morgan fingerprint density at radius 2 is 1.95 bits per heavy atom. The summed E-state index contributed by atoms with van der Waals surface area (Å²) in [4.78, 5) is 14.4. The van der Waals surface area contributed by atoms with Crippen LogP contribution >= 0.6 is 15.9 Å². The molecule has 5 heteroatoms. The fourth-order valence-electron chi connectivity index (χ4n) is 2.60. The highest BCUT2D eigenvalue weighted by molar-refractivity contribution is 9.10. The van der Waals surface area contributed by atoms with Gasteiger partial charge in [0.15, 0.2) is 5.69 Å².